The van der Waals surface area contributed by atoms with Crippen molar-refractivity contribution in [2.45, 2.75) is 26.3 Å². The van der Waals surface area contributed by atoms with E-state index < -0.39 is 5.97 Å². The van der Waals surface area contributed by atoms with Crippen LogP contribution in [-0.2, 0) is 16.1 Å². The van der Waals surface area contributed by atoms with E-state index in [0.29, 0.717) is 13.1 Å². The van der Waals surface area contributed by atoms with Crippen LogP contribution >= 0.6 is 0 Å². The van der Waals surface area contributed by atoms with Crippen molar-refractivity contribution >= 4 is 11.9 Å². The second kappa shape index (κ2) is 6.68. The molecule has 1 aromatic carbocycles. The van der Waals surface area contributed by atoms with Crippen LogP contribution in [0.2, 0.25) is 0 Å². The van der Waals surface area contributed by atoms with Crippen LogP contribution in [0.1, 0.15) is 25.3 Å². The Morgan fingerprint density at radius 1 is 1.18 bits per heavy atom. The van der Waals surface area contributed by atoms with Crippen LogP contribution in [0.5, 0.6) is 0 Å². The number of carbonyl (C=O) groups is 2. The molecule has 0 atom stereocenters. The van der Waals surface area contributed by atoms with Crippen LogP contribution in [0, 0.1) is 0 Å². The summed E-state index contributed by atoms with van der Waals surface area (Å²) in [6.07, 6.45) is -0.0415. The molecule has 1 rings (SSSR count). The van der Waals surface area contributed by atoms with Crippen molar-refractivity contribution in [2.75, 3.05) is 6.54 Å². The highest BCUT2D eigenvalue weighted by Gasteiger charge is 2.13. The normalized spacial score (nSPS) is 9.94. The fourth-order valence-electron chi connectivity index (χ4n) is 1.55. The molecule has 0 aromatic heterocycles. The Morgan fingerprint density at radius 3 is 2.35 bits per heavy atom. The van der Waals surface area contributed by atoms with Crippen molar-refractivity contribution in [3.8, 4) is 0 Å². The van der Waals surface area contributed by atoms with Gasteiger partial charge in [-0.3, -0.25) is 9.59 Å². The summed E-state index contributed by atoms with van der Waals surface area (Å²) >= 11 is 0. The Morgan fingerprint density at radius 2 is 1.82 bits per heavy atom. The molecule has 0 heterocycles. The fraction of sp³-hybridized carbons (Fsp3) is 0.385. The first kappa shape index (κ1) is 13.2. The predicted octanol–water partition coefficient (Wildman–Crippen LogP) is 1.90. The maximum absolute atomic E-state index is 11.7. The predicted molar refractivity (Wildman–Crippen MR) is 64.4 cm³/mol. The summed E-state index contributed by atoms with van der Waals surface area (Å²) in [6, 6.07) is 9.67. The lowest BCUT2D eigenvalue weighted by molar-refractivity contribution is -0.141. The topological polar surface area (TPSA) is 57.6 Å². The first-order chi connectivity index (χ1) is 8.13. The molecule has 0 saturated heterocycles. The van der Waals surface area contributed by atoms with Gasteiger partial charge in [-0.1, -0.05) is 30.3 Å². The van der Waals surface area contributed by atoms with Gasteiger partial charge in [0.25, 0.3) is 0 Å². The second-order valence-electron chi connectivity index (χ2n) is 3.79. The smallest absolute Gasteiger partial charge is 0.303 e. The largest absolute Gasteiger partial charge is 0.481 e. The van der Waals surface area contributed by atoms with Crippen molar-refractivity contribution in [1.29, 1.82) is 0 Å². The highest BCUT2D eigenvalue weighted by molar-refractivity contribution is 5.80. The molecular formula is C13H17NO3. The number of benzene rings is 1. The van der Waals surface area contributed by atoms with E-state index in [1.165, 1.54) is 0 Å². The summed E-state index contributed by atoms with van der Waals surface area (Å²) in [7, 11) is 0. The number of hydrogen-bond acceptors (Lipinski definition) is 2. The van der Waals surface area contributed by atoms with Crippen LogP contribution in [0.15, 0.2) is 30.3 Å². The summed E-state index contributed by atoms with van der Waals surface area (Å²) in [5.41, 5.74) is 1.05. The van der Waals surface area contributed by atoms with Crippen molar-refractivity contribution in [1.82, 2.24) is 4.90 Å². The van der Waals surface area contributed by atoms with E-state index >= 15 is 0 Å². The van der Waals surface area contributed by atoms with E-state index in [9.17, 15) is 9.59 Å². The van der Waals surface area contributed by atoms with Gasteiger partial charge in [-0.05, 0) is 12.5 Å². The third kappa shape index (κ3) is 4.68. The highest BCUT2D eigenvalue weighted by Crippen LogP contribution is 2.06. The number of amides is 1. The molecule has 0 fully saturated rings. The van der Waals surface area contributed by atoms with Gasteiger partial charge in [0.05, 0.1) is 6.42 Å². The van der Waals surface area contributed by atoms with Gasteiger partial charge in [-0.25, -0.2) is 0 Å². The lowest BCUT2D eigenvalue weighted by atomic mass is 10.2. The molecule has 0 radical (unpaired) electrons. The maximum Gasteiger partial charge on any atom is 0.303 e. The Kier molecular flexibility index (Phi) is 5.20. The highest BCUT2D eigenvalue weighted by atomic mass is 16.4. The number of rotatable bonds is 6. The molecule has 4 nitrogen and oxygen atoms in total. The van der Waals surface area contributed by atoms with E-state index in [0.717, 1.165) is 5.56 Å². The molecule has 17 heavy (non-hydrogen) atoms. The maximum atomic E-state index is 11.7. The van der Waals surface area contributed by atoms with E-state index in [1.807, 2.05) is 37.3 Å². The first-order valence-corrected chi connectivity index (χ1v) is 5.67. The first-order valence-electron chi connectivity index (χ1n) is 5.67. The molecule has 0 unspecified atom stereocenters. The summed E-state index contributed by atoms with van der Waals surface area (Å²) in [6.45, 7) is 3.02. The molecule has 92 valence electrons. The van der Waals surface area contributed by atoms with E-state index in [-0.39, 0.29) is 18.7 Å². The fourth-order valence-corrected chi connectivity index (χ4v) is 1.55. The molecule has 1 N–H and O–H groups in total. The van der Waals surface area contributed by atoms with Crippen LogP contribution in [-0.4, -0.2) is 28.4 Å². The zero-order valence-electron chi connectivity index (χ0n) is 9.93. The lowest BCUT2D eigenvalue weighted by Crippen LogP contribution is -2.30. The van der Waals surface area contributed by atoms with E-state index in [2.05, 4.69) is 0 Å². The molecule has 0 bridgehead atoms. The Balaban J connectivity index is 2.53. The lowest BCUT2D eigenvalue weighted by Gasteiger charge is -2.20. The minimum atomic E-state index is -0.936. The van der Waals surface area contributed by atoms with Crippen LogP contribution in [0.3, 0.4) is 0 Å². The second-order valence-corrected chi connectivity index (χ2v) is 3.79. The van der Waals surface area contributed by atoms with Gasteiger partial charge in [0, 0.05) is 19.5 Å². The molecule has 1 amide bonds. The van der Waals surface area contributed by atoms with E-state index in [1.54, 1.807) is 4.90 Å². The number of carbonyl (C=O) groups excluding carboxylic acids is 1. The zero-order valence-corrected chi connectivity index (χ0v) is 9.93. The Hall–Kier alpha value is -1.84. The quantitative estimate of drug-likeness (QED) is 0.819. The Bertz CT molecular complexity index is 376. The monoisotopic (exact) mass is 235 g/mol. The number of nitrogens with zero attached hydrogens (tertiary/aromatic N) is 1. The average Bonchev–Trinajstić information content (AvgIpc) is 2.34. The minimum absolute atomic E-state index is 0.0655. The average molecular weight is 235 g/mol. The molecule has 0 aliphatic rings. The Labute approximate surface area is 101 Å². The van der Waals surface area contributed by atoms with Gasteiger partial charge < -0.3 is 10.0 Å². The number of aliphatic carboxylic acids is 1. The molecule has 4 heteroatoms. The van der Waals surface area contributed by atoms with Crippen molar-refractivity contribution in [3.05, 3.63) is 35.9 Å². The molecular weight excluding hydrogens is 218 g/mol. The molecule has 0 spiro atoms. The van der Waals surface area contributed by atoms with Gasteiger partial charge in [-0.2, -0.15) is 0 Å². The van der Waals surface area contributed by atoms with Crippen LogP contribution < -0.4 is 0 Å². The van der Waals surface area contributed by atoms with Crippen molar-refractivity contribution in [2.24, 2.45) is 0 Å². The molecule has 0 saturated carbocycles. The SMILES string of the molecule is CCN(Cc1ccccc1)C(=O)CCC(=O)O. The van der Waals surface area contributed by atoms with E-state index in [4.69, 9.17) is 5.11 Å². The number of carboxylic acids is 1. The zero-order chi connectivity index (χ0) is 12.7. The molecule has 1 aromatic rings. The summed E-state index contributed by atoms with van der Waals surface area (Å²) in [5, 5.41) is 8.54. The molecule has 0 aliphatic carbocycles. The standard InChI is InChI=1S/C13H17NO3/c1-2-14(12(15)8-9-13(16)17)10-11-6-4-3-5-7-11/h3-7H,2,8-10H2,1H3,(H,16,17). The van der Waals surface area contributed by atoms with Gasteiger partial charge in [-0.15, -0.1) is 0 Å². The van der Waals surface area contributed by atoms with Gasteiger partial charge in [0.1, 0.15) is 0 Å². The summed E-state index contributed by atoms with van der Waals surface area (Å²) in [4.78, 5) is 23.8. The van der Waals surface area contributed by atoms with Crippen LogP contribution in [0.25, 0.3) is 0 Å². The number of carboxylic acid groups (broad SMARTS) is 1. The number of hydrogen-bond donors (Lipinski definition) is 1. The van der Waals surface area contributed by atoms with Crippen LogP contribution in [0.4, 0.5) is 0 Å². The third-order valence-electron chi connectivity index (χ3n) is 2.50. The summed E-state index contributed by atoms with van der Waals surface area (Å²) in [5.74, 6) is -1.05. The van der Waals surface area contributed by atoms with Gasteiger partial charge in [0.15, 0.2) is 0 Å². The van der Waals surface area contributed by atoms with Gasteiger partial charge in [0.2, 0.25) is 5.91 Å². The summed E-state index contributed by atoms with van der Waals surface area (Å²) < 4.78 is 0. The van der Waals surface area contributed by atoms with Crippen molar-refractivity contribution < 1.29 is 14.7 Å². The van der Waals surface area contributed by atoms with Gasteiger partial charge >= 0.3 is 5.97 Å². The third-order valence-corrected chi connectivity index (χ3v) is 2.50. The minimum Gasteiger partial charge on any atom is -0.481 e. The molecule has 0 aliphatic heterocycles. The van der Waals surface area contributed by atoms with Crippen molar-refractivity contribution in [3.63, 3.8) is 0 Å².